The van der Waals surface area contributed by atoms with E-state index >= 15 is 0 Å². The van der Waals surface area contributed by atoms with Gasteiger partial charge in [0.15, 0.2) is 23.1 Å². The number of hydrogen-bond acceptors (Lipinski definition) is 6. The molecule has 8 rings (SSSR count). The van der Waals surface area contributed by atoms with Crippen LogP contribution >= 0.6 is 22.9 Å². The maximum atomic E-state index is 6.57. The fourth-order valence-electron chi connectivity index (χ4n) is 5.11. The number of thiophene rings is 1. The van der Waals surface area contributed by atoms with Crippen LogP contribution in [-0.4, -0.2) is 19.9 Å². The van der Waals surface area contributed by atoms with Crippen molar-refractivity contribution in [2.75, 3.05) is 0 Å². The SMILES string of the molecule is Clc1cc(-c2nc(-c3ccccc3)nc(-c3ccc4c(c3)sc3ccccc34)n2)c2c(c1)oc1cnccc12. The van der Waals surface area contributed by atoms with Gasteiger partial charge in [0.25, 0.3) is 0 Å². The van der Waals surface area contributed by atoms with Crippen LogP contribution in [-0.2, 0) is 0 Å². The van der Waals surface area contributed by atoms with Gasteiger partial charge in [0, 0.05) is 64.9 Å². The van der Waals surface area contributed by atoms with E-state index in [0.29, 0.717) is 33.7 Å². The summed E-state index contributed by atoms with van der Waals surface area (Å²) in [6, 6.07) is 30.5. The number of furan rings is 1. The molecule has 39 heavy (non-hydrogen) atoms. The molecular weight excluding hydrogens is 524 g/mol. The molecule has 0 spiro atoms. The third-order valence-electron chi connectivity index (χ3n) is 6.89. The molecule has 0 radical (unpaired) electrons. The van der Waals surface area contributed by atoms with Gasteiger partial charge in [0.2, 0.25) is 0 Å². The lowest BCUT2D eigenvalue weighted by molar-refractivity contribution is 0.667. The smallest absolute Gasteiger partial charge is 0.164 e. The second-order valence-corrected chi connectivity index (χ2v) is 10.8. The van der Waals surface area contributed by atoms with E-state index in [9.17, 15) is 0 Å². The highest BCUT2D eigenvalue weighted by molar-refractivity contribution is 7.25. The first-order valence-electron chi connectivity index (χ1n) is 12.4. The van der Waals surface area contributed by atoms with Crippen molar-refractivity contribution in [2.45, 2.75) is 0 Å². The second kappa shape index (κ2) is 8.70. The third-order valence-corrected chi connectivity index (χ3v) is 8.24. The van der Waals surface area contributed by atoms with Gasteiger partial charge in [-0.25, -0.2) is 15.0 Å². The number of halogens is 1. The van der Waals surface area contributed by atoms with Gasteiger partial charge in [0.05, 0.1) is 6.20 Å². The Balaban J connectivity index is 1.40. The average molecular weight is 541 g/mol. The molecule has 0 saturated carbocycles. The molecule has 0 atom stereocenters. The second-order valence-electron chi connectivity index (χ2n) is 9.28. The predicted molar refractivity (Wildman–Crippen MR) is 159 cm³/mol. The highest BCUT2D eigenvalue weighted by Gasteiger charge is 2.19. The van der Waals surface area contributed by atoms with Crippen molar-refractivity contribution in [1.29, 1.82) is 0 Å². The van der Waals surface area contributed by atoms with Crippen molar-refractivity contribution >= 4 is 65.0 Å². The summed E-state index contributed by atoms with van der Waals surface area (Å²) in [6.45, 7) is 0. The summed E-state index contributed by atoms with van der Waals surface area (Å²) in [5.41, 5.74) is 3.96. The number of rotatable bonds is 3. The van der Waals surface area contributed by atoms with Gasteiger partial charge < -0.3 is 4.42 Å². The summed E-state index contributed by atoms with van der Waals surface area (Å²) >= 11 is 8.34. The lowest BCUT2D eigenvalue weighted by atomic mass is 10.1. The molecule has 0 aliphatic rings. The molecule has 0 aliphatic heterocycles. The number of fused-ring (bicyclic) bond motifs is 6. The number of nitrogens with zero attached hydrogens (tertiary/aromatic N) is 4. The minimum Gasteiger partial charge on any atom is -0.454 e. The molecule has 184 valence electrons. The van der Waals surface area contributed by atoms with Crippen LogP contribution in [0, 0.1) is 0 Å². The molecule has 0 amide bonds. The maximum Gasteiger partial charge on any atom is 0.164 e. The molecule has 0 unspecified atom stereocenters. The van der Waals surface area contributed by atoms with Gasteiger partial charge in [-0.15, -0.1) is 11.3 Å². The average Bonchev–Trinajstić information content (AvgIpc) is 3.54. The van der Waals surface area contributed by atoms with Gasteiger partial charge >= 0.3 is 0 Å². The Kier molecular flexibility index (Phi) is 4.98. The highest BCUT2D eigenvalue weighted by Crippen LogP contribution is 2.39. The van der Waals surface area contributed by atoms with Crippen molar-refractivity contribution in [3.05, 3.63) is 108 Å². The Labute approximate surface area is 231 Å². The van der Waals surface area contributed by atoms with Crippen LogP contribution in [0.3, 0.4) is 0 Å². The third kappa shape index (κ3) is 3.68. The molecule has 4 heterocycles. The monoisotopic (exact) mass is 540 g/mol. The Morgan fingerprint density at radius 2 is 1.38 bits per heavy atom. The summed E-state index contributed by atoms with van der Waals surface area (Å²) in [6.07, 6.45) is 3.46. The van der Waals surface area contributed by atoms with Gasteiger partial charge in [-0.05, 0) is 24.3 Å². The zero-order valence-electron chi connectivity index (χ0n) is 20.3. The predicted octanol–water partition coefficient (Wildman–Crippen LogP) is 9.19. The summed E-state index contributed by atoms with van der Waals surface area (Å²) in [4.78, 5) is 19.1. The van der Waals surface area contributed by atoms with Gasteiger partial charge in [0.1, 0.15) is 5.58 Å². The minimum atomic E-state index is 0.530. The molecule has 4 aromatic heterocycles. The maximum absolute atomic E-state index is 6.57. The number of pyridine rings is 1. The Morgan fingerprint density at radius 3 is 2.28 bits per heavy atom. The lowest BCUT2D eigenvalue weighted by Crippen LogP contribution is -2.00. The lowest BCUT2D eigenvalue weighted by Gasteiger charge is -2.10. The van der Waals surface area contributed by atoms with Crippen LogP contribution < -0.4 is 0 Å². The first-order valence-corrected chi connectivity index (χ1v) is 13.6. The summed E-state index contributed by atoms with van der Waals surface area (Å²) in [7, 11) is 0. The summed E-state index contributed by atoms with van der Waals surface area (Å²) < 4.78 is 8.53. The van der Waals surface area contributed by atoms with Crippen molar-refractivity contribution in [3.63, 3.8) is 0 Å². The van der Waals surface area contributed by atoms with E-state index in [1.807, 2.05) is 48.5 Å². The molecule has 0 aliphatic carbocycles. The number of benzene rings is 4. The van der Waals surface area contributed by atoms with Crippen LogP contribution in [0.2, 0.25) is 5.02 Å². The van der Waals surface area contributed by atoms with Crippen molar-refractivity contribution in [3.8, 4) is 34.2 Å². The van der Waals surface area contributed by atoms with Gasteiger partial charge in [-0.2, -0.15) is 0 Å². The van der Waals surface area contributed by atoms with E-state index in [2.05, 4.69) is 47.4 Å². The molecule has 5 nitrogen and oxygen atoms in total. The first-order chi connectivity index (χ1) is 19.2. The minimum absolute atomic E-state index is 0.530. The van der Waals surface area contributed by atoms with Crippen molar-refractivity contribution in [2.24, 2.45) is 0 Å². The van der Waals surface area contributed by atoms with E-state index in [1.165, 1.54) is 20.2 Å². The molecule has 0 bridgehead atoms. The Morgan fingerprint density at radius 1 is 0.615 bits per heavy atom. The fourth-order valence-corrected chi connectivity index (χ4v) is 6.46. The van der Waals surface area contributed by atoms with Gasteiger partial charge in [-0.3, -0.25) is 4.98 Å². The fraction of sp³-hybridized carbons (Fsp3) is 0. The Bertz CT molecular complexity index is 2200. The topological polar surface area (TPSA) is 64.7 Å². The normalized spacial score (nSPS) is 11.7. The van der Waals surface area contributed by atoms with E-state index in [0.717, 1.165) is 27.5 Å². The molecule has 0 N–H and O–H groups in total. The number of aromatic nitrogens is 4. The molecular formula is C32H17ClN4OS. The molecule has 0 fully saturated rings. The van der Waals surface area contributed by atoms with Crippen LogP contribution in [0.1, 0.15) is 0 Å². The molecule has 4 aromatic carbocycles. The van der Waals surface area contributed by atoms with Crippen LogP contribution in [0.25, 0.3) is 76.3 Å². The van der Waals surface area contributed by atoms with E-state index in [-0.39, 0.29) is 0 Å². The molecule has 7 heteroatoms. The zero-order valence-corrected chi connectivity index (χ0v) is 21.9. The highest BCUT2D eigenvalue weighted by atomic mass is 35.5. The zero-order chi connectivity index (χ0) is 25.9. The van der Waals surface area contributed by atoms with Crippen LogP contribution in [0.15, 0.2) is 108 Å². The van der Waals surface area contributed by atoms with Crippen molar-refractivity contribution < 1.29 is 4.42 Å². The standard InChI is InChI=1S/C32H17ClN4OS/c33-20-15-24(29-23-12-13-34-17-26(23)38-25(29)16-20)32-36-30(18-6-2-1-3-7-18)35-31(37-32)19-10-11-22-21-8-4-5-9-27(21)39-28(22)14-19/h1-17H. The summed E-state index contributed by atoms with van der Waals surface area (Å²) in [5, 5.41) is 4.86. The Hall–Kier alpha value is -4.65. The van der Waals surface area contributed by atoms with E-state index in [4.69, 9.17) is 31.0 Å². The van der Waals surface area contributed by atoms with Crippen LogP contribution in [0.4, 0.5) is 0 Å². The molecule has 8 aromatic rings. The molecule has 0 saturated heterocycles. The number of hydrogen-bond donors (Lipinski definition) is 0. The summed E-state index contributed by atoms with van der Waals surface area (Å²) in [5.74, 6) is 1.72. The van der Waals surface area contributed by atoms with Crippen LogP contribution in [0.5, 0.6) is 0 Å². The largest absolute Gasteiger partial charge is 0.454 e. The van der Waals surface area contributed by atoms with E-state index in [1.54, 1.807) is 23.7 Å². The first kappa shape index (κ1) is 22.3. The quantitative estimate of drug-likeness (QED) is 0.223. The van der Waals surface area contributed by atoms with Crippen molar-refractivity contribution in [1.82, 2.24) is 19.9 Å². The van der Waals surface area contributed by atoms with E-state index < -0.39 is 0 Å². The van der Waals surface area contributed by atoms with Gasteiger partial charge in [-0.1, -0.05) is 72.3 Å².